The Morgan fingerprint density at radius 2 is 2.00 bits per heavy atom. The molecule has 2 rings (SSSR count). The smallest absolute Gasteiger partial charge is 0.181 e. The molecule has 0 aliphatic heterocycles. The Morgan fingerprint density at radius 1 is 1.26 bits per heavy atom. The molecule has 1 N–H and O–H groups in total. The Bertz CT molecular complexity index is 551. The van der Waals surface area contributed by atoms with E-state index >= 15 is 0 Å². The molecule has 0 amide bonds. The van der Waals surface area contributed by atoms with Gasteiger partial charge in [-0.25, -0.2) is 8.42 Å². The number of benzene rings is 1. The van der Waals surface area contributed by atoms with Gasteiger partial charge in [0.05, 0.1) is 10.1 Å². The van der Waals surface area contributed by atoms with Gasteiger partial charge >= 0.3 is 0 Å². The molecule has 1 saturated carbocycles. The fourth-order valence-electron chi connectivity index (χ4n) is 2.89. The largest absolute Gasteiger partial charge is 0.314 e. The summed E-state index contributed by atoms with van der Waals surface area (Å²) >= 11 is 0. The minimum Gasteiger partial charge on any atom is -0.314 e. The van der Waals surface area contributed by atoms with Gasteiger partial charge in [-0.15, -0.1) is 0 Å². The summed E-state index contributed by atoms with van der Waals surface area (Å²) in [5.41, 5.74) is 1.86. The molecule has 0 saturated heterocycles. The highest BCUT2D eigenvalue weighted by Gasteiger charge is 2.35. The highest BCUT2D eigenvalue weighted by atomic mass is 32.2. The third-order valence-corrected chi connectivity index (χ3v) is 6.33. The summed E-state index contributed by atoms with van der Waals surface area (Å²) in [6.07, 6.45) is 2.47. The molecule has 1 aliphatic carbocycles. The van der Waals surface area contributed by atoms with Crippen molar-refractivity contribution in [2.24, 2.45) is 0 Å². The first-order valence-corrected chi connectivity index (χ1v) is 8.54. The van der Waals surface area contributed by atoms with Crippen LogP contribution in [0, 0.1) is 13.8 Å². The molecule has 1 aromatic carbocycles. The van der Waals surface area contributed by atoms with E-state index in [4.69, 9.17) is 0 Å². The quantitative estimate of drug-likeness (QED) is 0.923. The molecule has 4 heteroatoms. The summed E-state index contributed by atoms with van der Waals surface area (Å²) in [5.74, 6) is 0. The van der Waals surface area contributed by atoms with Crippen molar-refractivity contribution in [1.29, 1.82) is 0 Å². The van der Waals surface area contributed by atoms with Gasteiger partial charge in [0.25, 0.3) is 0 Å². The lowest BCUT2D eigenvalue weighted by Gasteiger charge is -2.15. The number of sulfone groups is 1. The van der Waals surface area contributed by atoms with Gasteiger partial charge in [0, 0.05) is 6.04 Å². The van der Waals surface area contributed by atoms with E-state index in [9.17, 15) is 8.42 Å². The molecule has 0 heterocycles. The van der Waals surface area contributed by atoms with Crippen LogP contribution in [-0.4, -0.2) is 26.3 Å². The third-order valence-electron chi connectivity index (χ3n) is 3.97. The van der Waals surface area contributed by atoms with Crippen molar-refractivity contribution in [1.82, 2.24) is 5.32 Å². The lowest BCUT2D eigenvalue weighted by molar-refractivity contribution is 0.537. The van der Waals surface area contributed by atoms with Gasteiger partial charge in [-0.1, -0.05) is 19.1 Å². The second-order valence-electron chi connectivity index (χ2n) is 5.50. The number of hydrogen-bond acceptors (Lipinski definition) is 3. The van der Waals surface area contributed by atoms with E-state index in [1.54, 1.807) is 0 Å². The number of rotatable bonds is 4. The lowest BCUT2D eigenvalue weighted by atomic mass is 10.2. The first-order chi connectivity index (χ1) is 8.95. The summed E-state index contributed by atoms with van der Waals surface area (Å²) in [6, 6.07) is 6.03. The summed E-state index contributed by atoms with van der Waals surface area (Å²) in [7, 11) is -3.18. The monoisotopic (exact) mass is 281 g/mol. The molecule has 2 unspecified atom stereocenters. The van der Waals surface area contributed by atoms with E-state index in [-0.39, 0.29) is 5.25 Å². The molecule has 2 atom stereocenters. The maximum absolute atomic E-state index is 12.7. The molecule has 3 nitrogen and oxygen atoms in total. The van der Waals surface area contributed by atoms with Gasteiger partial charge in [0.15, 0.2) is 9.84 Å². The van der Waals surface area contributed by atoms with E-state index in [1.807, 2.05) is 32.0 Å². The Hall–Kier alpha value is -0.870. The van der Waals surface area contributed by atoms with Crippen LogP contribution in [0.15, 0.2) is 23.1 Å². The lowest BCUT2D eigenvalue weighted by Crippen LogP contribution is -2.28. The van der Waals surface area contributed by atoms with Crippen molar-refractivity contribution in [3.63, 3.8) is 0 Å². The molecular weight excluding hydrogens is 258 g/mol. The second kappa shape index (κ2) is 5.63. The van der Waals surface area contributed by atoms with Crippen LogP contribution < -0.4 is 5.32 Å². The first kappa shape index (κ1) is 14.5. The van der Waals surface area contributed by atoms with Crippen LogP contribution in [0.2, 0.25) is 0 Å². The van der Waals surface area contributed by atoms with Crippen LogP contribution in [0.1, 0.15) is 37.3 Å². The molecule has 1 aliphatic rings. The molecule has 0 radical (unpaired) electrons. The first-order valence-electron chi connectivity index (χ1n) is 6.99. The Morgan fingerprint density at radius 3 is 2.68 bits per heavy atom. The van der Waals surface area contributed by atoms with Crippen LogP contribution >= 0.6 is 0 Å². The molecular formula is C15H23NO2S. The molecule has 0 bridgehead atoms. The van der Waals surface area contributed by atoms with Crippen molar-refractivity contribution < 1.29 is 8.42 Å². The Balaban J connectivity index is 2.26. The van der Waals surface area contributed by atoms with Gasteiger partial charge in [0.2, 0.25) is 0 Å². The second-order valence-corrected chi connectivity index (χ2v) is 7.70. The van der Waals surface area contributed by atoms with Crippen LogP contribution in [-0.2, 0) is 9.84 Å². The average molecular weight is 281 g/mol. The Kier molecular flexibility index (Phi) is 4.31. The van der Waals surface area contributed by atoms with Crippen molar-refractivity contribution in [3.05, 3.63) is 29.3 Å². The summed E-state index contributed by atoms with van der Waals surface area (Å²) in [4.78, 5) is 0.523. The standard InChI is InChI=1S/C15H23NO2S/c1-4-16-13-7-8-14(10-13)19(17,18)15-9-11(2)5-6-12(15)3/h5-6,9,13-14,16H,4,7-8,10H2,1-3H3. The maximum atomic E-state index is 12.7. The fraction of sp³-hybridized carbons (Fsp3) is 0.600. The minimum absolute atomic E-state index is 0.225. The Labute approximate surface area is 116 Å². The van der Waals surface area contributed by atoms with E-state index in [0.29, 0.717) is 10.9 Å². The zero-order chi connectivity index (χ0) is 14.0. The highest BCUT2D eigenvalue weighted by Crippen LogP contribution is 2.31. The topological polar surface area (TPSA) is 46.2 Å². The van der Waals surface area contributed by atoms with E-state index in [0.717, 1.165) is 36.9 Å². The highest BCUT2D eigenvalue weighted by molar-refractivity contribution is 7.92. The fourth-order valence-corrected chi connectivity index (χ4v) is 5.05. The number of hydrogen-bond donors (Lipinski definition) is 1. The predicted octanol–water partition coefficient (Wildman–Crippen LogP) is 2.61. The molecule has 0 aromatic heterocycles. The zero-order valence-corrected chi connectivity index (χ0v) is 12.8. The number of aryl methyl sites for hydroxylation is 2. The predicted molar refractivity (Wildman–Crippen MR) is 78.2 cm³/mol. The van der Waals surface area contributed by atoms with Crippen LogP contribution in [0.4, 0.5) is 0 Å². The van der Waals surface area contributed by atoms with Gasteiger partial charge in [-0.05, 0) is 56.8 Å². The van der Waals surface area contributed by atoms with Gasteiger partial charge in [0.1, 0.15) is 0 Å². The average Bonchev–Trinajstić information content (AvgIpc) is 2.82. The molecule has 0 spiro atoms. The van der Waals surface area contributed by atoms with Crippen molar-refractivity contribution in [2.75, 3.05) is 6.54 Å². The van der Waals surface area contributed by atoms with Crippen molar-refractivity contribution in [2.45, 2.75) is 56.2 Å². The minimum atomic E-state index is -3.18. The van der Waals surface area contributed by atoms with E-state index < -0.39 is 9.84 Å². The third kappa shape index (κ3) is 3.00. The number of nitrogens with one attached hydrogen (secondary N) is 1. The van der Waals surface area contributed by atoms with Crippen molar-refractivity contribution >= 4 is 9.84 Å². The molecule has 1 fully saturated rings. The van der Waals surface area contributed by atoms with Crippen LogP contribution in [0.25, 0.3) is 0 Å². The SMILES string of the molecule is CCNC1CCC(S(=O)(=O)c2cc(C)ccc2C)C1. The van der Waals surface area contributed by atoms with Gasteiger partial charge in [-0.2, -0.15) is 0 Å². The molecule has 106 valence electrons. The van der Waals surface area contributed by atoms with Crippen LogP contribution in [0.5, 0.6) is 0 Å². The maximum Gasteiger partial charge on any atom is 0.181 e. The summed E-state index contributed by atoms with van der Waals surface area (Å²) < 4.78 is 25.5. The van der Waals surface area contributed by atoms with Crippen molar-refractivity contribution in [3.8, 4) is 0 Å². The van der Waals surface area contributed by atoms with Crippen LogP contribution in [0.3, 0.4) is 0 Å². The summed E-state index contributed by atoms with van der Waals surface area (Å²) in [5, 5.41) is 3.13. The summed E-state index contributed by atoms with van der Waals surface area (Å²) in [6.45, 7) is 6.78. The molecule has 19 heavy (non-hydrogen) atoms. The van der Waals surface area contributed by atoms with E-state index in [1.165, 1.54) is 0 Å². The normalized spacial score (nSPS) is 23.7. The van der Waals surface area contributed by atoms with Gasteiger partial charge in [-0.3, -0.25) is 0 Å². The molecule has 1 aromatic rings. The zero-order valence-electron chi connectivity index (χ0n) is 11.9. The van der Waals surface area contributed by atoms with E-state index in [2.05, 4.69) is 12.2 Å². The van der Waals surface area contributed by atoms with Gasteiger partial charge < -0.3 is 5.32 Å².